The van der Waals surface area contributed by atoms with E-state index in [9.17, 15) is 4.79 Å². The first-order valence-corrected chi connectivity index (χ1v) is 7.64. The molecule has 1 aliphatic heterocycles. The van der Waals surface area contributed by atoms with Gasteiger partial charge in [-0.3, -0.25) is 4.79 Å². The van der Waals surface area contributed by atoms with Gasteiger partial charge in [0.2, 0.25) is 5.91 Å². The van der Waals surface area contributed by atoms with Crippen LogP contribution in [0, 0.1) is 17.8 Å². The molecule has 0 aromatic carbocycles. The number of rotatable bonds is 4. The highest BCUT2D eigenvalue weighted by Crippen LogP contribution is 2.23. The van der Waals surface area contributed by atoms with Crippen molar-refractivity contribution in [1.82, 2.24) is 5.32 Å². The highest BCUT2D eigenvalue weighted by molar-refractivity contribution is 7.12. The Morgan fingerprint density at radius 1 is 1.60 bits per heavy atom. The molecule has 1 aromatic heterocycles. The summed E-state index contributed by atoms with van der Waals surface area (Å²) in [5.74, 6) is 5.53. The Hall–Kier alpha value is -1.35. The van der Waals surface area contributed by atoms with Crippen LogP contribution >= 0.6 is 11.3 Å². The van der Waals surface area contributed by atoms with Crippen molar-refractivity contribution in [3.8, 4) is 11.8 Å². The van der Waals surface area contributed by atoms with Crippen LogP contribution in [0.15, 0.2) is 12.1 Å². The lowest BCUT2D eigenvalue weighted by atomic mass is 9.99. The first-order valence-electron chi connectivity index (χ1n) is 6.82. The Kier molecular flexibility index (Phi) is 5.60. The van der Waals surface area contributed by atoms with E-state index in [0.29, 0.717) is 13.2 Å². The van der Waals surface area contributed by atoms with Gasteiger partial charge in [-0.15, -0.1) is 11.3 Å². The molecule has 4 nitrogen and oxygen atoms in total. The molecule has 1 fully saturated rings. The van der Waals surface area contributed by atoms with Crippen molar-refractivity contribution >= 4 is 17.2 Å². The van der Waals surface area contributed by atoms with E-state index < -0.39 is 0 Å². The summed E-state index contributed by atoms with van der Waals surface area (Å²) in [6.45, 7) is 3.11. The summed E-state index contributed by atoms with van der Waals surface area (Å²) in [6, 6.07) is 3.86. The summed E-state index contributed by atoms with van der Waals surface area (Å²) < 4.78 is 5.54. The van der Waals surface area contributed by atoms with E-state index in [-0.39, 0.29) is 24.5 Å². The predicted octanol–water partition coefficient (Wildman–Crippen LogP) is 1.52. The molecular formula is C15H19NO3S. The standard InChI is InChI=1S/C15H19NO3S/c1-2-14-13(7-9-19-14)15(18)16-10-12-6-5-11(20-12)4-3-8-17/h5-6,13-14,17H,2,7-10H2,1H3,(H,16,18). The van der Waals surface area contributed by atoms with Gasteiger partial charge in [0, 0.05) is 11.5 Å². The number of carbonyl (C=O) groups is 1. The van der Waals surface area contributed by atoms with Crippen LogP contribution in [0.2, 0.25) is 0 Å². The van der Waals surface area contributed by atoms with Gasteiger partial charge < -0.3 is 15.2 Å². The lowest BCUT2D eigenvalue weighted by molar-refractivity contribution is -0.126. The minimum Gasteiger partial charge on any atom is -0.384 e. The number of amides is 1. The highest BCUT2D eigenvalue weighted by Gasteiger charge is 2.32. The summed E-state index contributed by atoms with van der Waals surface area (Å²) in [6.07, 6.45) is 1.74. The fraction of sp³-hybridized carbons (Fsp3) is 0.533. The first kappa shape index (κ1) is 15.0. The van der Waals surface area contributed by atoms with Crippen LogP contribution in [0.4, 0.5) is 0 Å². The summed E-state index contributed by atoms with van der Waals surface area (Å²) in [7, 11) is 0. The Morgan fingerprint density at radius 3 is 3.20 bits per heavy atom. The number of carbonyl (C=O) groups excluding carboxylic acids is 1. The smallest absolute Gasteiger partial charge is 0.226 e. The largest absolute Gasteiger partial charge is 0.384 e. The Balaban J connectivity index is 1.85. The predicted molar refractivity (Wildman–Crippen MR) is 78.3 cm³/mol. The van der Waals surface area contributed by atoms with Crippen LogP contribution < -0.4 is 5.32 Å². The van der Waals surface area contributed by atoms with Crippen LogP contribution in [-0.2, 0) is 16.1 Å². The van der Waals surface area contributed by atoms with E-state index in [4.69, 9.17) is 9.84 Å². The number of hydrogen-bond donors (Lipinski definition) is 2. The Labute approximate surface area is 123 Å². The second-order valence-corrected chi connectivity index (χ2v) is 5.82. The molecule has 2 N–H and O–H groups in total. The van der Waals surface area contributed by atoms with Crippen LogP contribution in [0.25, 0.3) is 0 Å². The average molecular weight is 293 g/mol. The topological polar surface area (TPSA) is 58.6 Å². The molecule has 2 rings (SSSR count). The minimum atomic E-state index is -0.135. The molecule has 1 aliphatic rings. The molecule has 1 aromatic rings. The van der Waals surface area contributed by atoms with Crippen molar-refractivity contribution in [3.63, 3.8) is 0 Å². The maximum absolute atomic E-state index is 12.1. The number of nitrogens with one attached hydrogen (secondary N) is 1. The number of thiophene rings is 1. The fourth-order valence-electron chi connectivity index (χ4n) is 2.32. The van der Waals surface area contributed by atoms with Gasteiger partial charge in [0.05, 0.1) is 23.4 Å². The highest BCUT2D eigenvalue weighted by atomic mass is 32.1. The van der Waals surface area contributed by atoms with Gasteiger partial charge in [-0.1, -0.05) is 18.8 Å². The zero-order chi connectivity index (χ0) is 14.4. The molecule has 0 bridgehead atoms. The van der Waals surface area contributed by atoms with Crippen LogP contribution in [0.3, 0.4) is 0 Å². The summed E-state index contributed by atoms with van der Waals surface area (Å²) in [5.41, 5.74) is 0. The quantitative estimate of drug-likeness (QED) is 0.828. The van der Waals surface area contributed by atoms with E-state index in [0.717, 1.165) is 22.6 Å². The van der Waals surface area contributed by atoms with Crippen molar-refractivity contribution in [2.24, 2.45) is 5.92 Å². The summed E-state index contributed by atoms with van der Waals surface area (Å²) in [5, 5.41) is 11.6. The van der Waals surface area contributed by atoms with E-state index in [1.807, 2.05) is 19.1 Å². The summed E-state index contributed by atoms with van der Waals surface area (Å²) in [4.78, 5) is 14.1. The molecule has 2 heterocycles. The van der Waals surface area contributed by atoms with Crippen molar-refractivity contribution in [2.75, 3.05) is 13.2 Å². The van der Waals surface area contributed by atoms with Crippen LogP contribution in [0.5, 0.6) is 0 Å². The molecular weight excluding hydrogens is 274 g/mol. The monoisotopic (exact) mass is 293 g/mol. The molecule has 2 atom stereocenters. The van der Waals surface area contributed by atoms with Gasteiger partial charge in [0.25, 0.3) is 0 Å². The SMILES string of the molecule is CCC1OCCC1C(=O)NCc1ccc(C#CCO)s1. The van der Waals surface area contributed by atoms with Gasteiger partial charge in [0.1, 0.15) is 6.61 Å². The lowest BCUT2D eigenvalue weighted by Crippen LogP contribution is -2.34. The number of ether oxygens (including phenoxy) is 1. The van der Waals surface area contributed by atoms with E-state index >= 15 is 0 Å². The second-order valence-electron chi connectivity index (χ2n) is 4.66. The van der Waals surface area contributed by atoms with Crippen molar-refractivity contribution in [3.05, 3.63) is 21.9 Å². The molecule has 20 heavy (non-hydrogen) atoms. The molecule has 0 aliphatic carbocycles. The van der Waals surface area contributed by atoms with E-state index in [2.05, 4.69) is 17.2 Å². The molecule has 0 saturated carbocycles. The molecule has 108 valence electrons. The third-order valence-electron chi connectivity index (χ3n) is 3.34. The van der Waals surface area contributed by atoms with Crippen molar-refractivity contribution in [1.29, 1.82) is 0 Å². The molecule has 1 amide bonds. The van der Waals surface area contributed by atoms with Gasteiger partial charge in [-0.2, -0.15) is 0 Å². The molecule has 2 unspecified atom stereocenters. The van der Waals surface area contributed by atoms with E-state index in [1.54, 1.807) is 0 Å². The first-order chi connectivity index (χ1) is 9.74. The third-order valence-corrected chi connectivity index (χ3v) is 4.34. The molecule has 1 saturated heterocycles. The van der Waals surface area contributed by atoms with Crippen LogP contribution in [0.1, 0.15) is 29.5 Å². The van der Waals surface area contributed by atoms with Gasteiger partial charge >= 0.3 is 0 Å². The number of aliphatic hydroxyl groups excluding tert-OH is 1. The summed E-state index contributed by atoms with van der Waals surface area (Å²) >= 11 is 1.53. The van der Waals surface area contributed by atoms with Gasteiger partial charge in [-0.05, 0) is 25.0 Å². The zero-order valence-electron chi connectivity index (χ0n) is 11.5. The molecule has 0 spiro atoms. The Morgan fingerprint density at radius 2 is 2.45 bits per heavy atom. The van der Waals surface area contributed by atoms with E-state index in [1.165, 1.54) is 11.3 Å². The maximum atomic E-state index is 12.1. The van der Waals surface area contributed by atoms with Crippen LogP contribution in [-0.4, -0.2) is 30.3 Å². The third kappa shape index (κ3) is 3.83. The average Bonchev–Trinajstić information content (AvgIpc) is 3.11. The van der Waals surface area contributed by atoms with Gasteiger partial charge in [0.15, 0.2) is 0 Å². The number of hydrogen-bond acceptors (Lipinski definition) is 4. The normalized spacial score (nSPS) is 21.3. The minimum absolute atomic E-state index is 0.0198. The Bertz CT molecular complexity index is 515. The van der Waals surface area contributed by atoms with Crippen molar-refractivity contribution < 1.29 is 14.6 Å². The number of aliphatic hydroxyl groups is 1. The van der Waals surface area contributed by atoms with Gasteiger partial charge in [-0.25, -0.2) is 0 Å². The maximum Gasteiger partial charge on any atom is 0.226 e. The molecule has 0 radical (unpaired) electrons. The second kappa shape index (κ2) is 7.44. The molecule has 5 heteroatoms. The zero-order valence-corrected chi connectivity index (χ0v) is 12.3. The lowest BCUT2D eigenvalue weighted by Gasteiger charge is -2.15. The fourth-order valence-corrected chi connectivity index (χ4v) is 3.14. The van der Waals surface area contributed by atoms with Crippen molar-refractivity contribution in [2.45, 2.75) is 32.4 Å².